The van der Waals surface area contributed by atoms with Crippen LogP contribution in [-0.4, -0.2) is 33.2 Å². The molecule has 0 radical (unpaired) electrons. The monoisotopic (exact) mass is 336 g/mol. The minimum atomic E-state index is -0.703. The number of rotatable bonds is 3. The minimum Gasteiger partial charge on any atom is -0.485 e. The molecule has 1 aliphatic rings. The van der Waals surface area contributed by atoms with Crippen LogP contribution in [0.2, 0.25) is 0 Å². The van der Waals surface area contributed by atoms with E-state index >= 15 is 0 Å². The van der Waals surface area contributed by atoms with Crippen LogP contribution in [0.5, 0.6) is 11.5 Å². The number of nitrogens with zero attached hydrogens (tertiary/aromatic N) is 3. The fraction of sp³-hybridized carbons (Fsp3) is 0.167. The molecule has 7 heteroatoms. The Morgan fingerprint density at radius 2 is 2.04 bits per heavy atom. The molecule has 1 amide bonds. The van der Waals surface area contributed by atoms with Gasteiger partial charge < -0.3 is 14.8 Å². The van der Waals surface area contributed by atoms with Crippen LogP contribution < -0.4 is 14.8 Å². The van der Waals surface area contributed by atoms with Crippen LogP contribution in [0.25, 0.3) is 5.82 Å². The molecule has 126 valence electrons. The maximum atomic E-state index is 12.4. The van der Waals surface area contributed by atoms with Crippen LogP contribution in [0.15, 0.2) is 55.0 Å². The summed E-state index contributed by atoms with van der Waals surface area (Å²) in [4.78, 5) is 20.9. The molecule has 7 nitrogen and oxygen atoms in total. The van der Waals surface area contributed by atoms with E-state index in [1.165, 1.54) is 0 Å². The lowest BCUT2D eigenvalue weighted by atomic mass is 10.2. The Bertz CT molecular complexity index is 905. The maximum absolute atomic E-state index is 12.4. The summed E-state index contributed by atoms with van der Waals surface area (Å²) in [6.07, 6.45) is 4.45. The van der Waals surface area contributed by atoms with E-state index in [9.17, 15) is 4.79 Å². The van der Waals surface area contributed by atoms with Gasteiger partial charge >= 0.3 is 0 Å². The molecule has 0 saturated carbocycles. The average Bonchev–Trinajstić information content (AvgIpc) is 3.08. The summed E-state index contributed by atoms with van der Waals surface area (Å²) in [5.41, 5.74) is 0.592. The number of imidazole rings is 1. The van der Waals surface area contributed by atoms with Gasteiger partial charge in [-0.05, 0) is 31.2 Å². The summed E-state index contributed by atoms with van der Waals surface area (Å²) in [7, 11) is 0. The standard InChI is InChI=1S/C18H16N4O3/c1-12-19-8-9-22(12)17-7-6-13(10-20-17)21-18(23)16-11-24-14-4-2-3-5-15(14)25-16/h2-10,16H,11H2,1H3,(H,21,23). The number of fused-ring (bicyclic) bond motifs is 1. The van der Waals surface area contributed by atoms with Crippen LogP contribution in [0, 0.1) is 6.92 Å². The van der Waals surface area contributed by atoms with Crippen molar-refractivity contribution in [3.8, 4) is 17.3 Å². The molecular weight excluding hydrogens is 320 g/mol. The Kier molecular flexibility index (Phi) is 3.81. The summed E-state index contributed by atoms with van der Waals surface area (Å²) in [5.74, 6) is 2.52. The summed E-state index contributed by atoms with van der Waals surface area (Å²) >= 11 is 0. The van der Waals surface area contributed by atoms with E-state index < -0.39 is 6.10 Å². The summed E-state index contributed by atoms with van der Waals surface area (Å²) in [6, 6.07) is 10.9. The zero-order chi connectivity index (χ0) is 17.2. The number of amides is 1. The number of anilines is 1. The number of ether oxygens (including phenoxy) is 2. The molecule has 4 rings (SSSR count). The van der Waals surface area contributed by atoms with E-state index in [4.69, 9.17) is 9.47 Å². The second-order valence-electron chi connectivity index (χ2n) is 5.60. The number of carbonyl (C=O) groups is 1. The van der Waals surface area contributed by atoms with Gasteiger partial charge in [-0.1, -0.05) is 12.1 Å². The molecule has 2 aromatic heterocycles. The third-order valence-corrected chi connectivity index (χ3v) is 3.89. The first-order valence-electron chi connectivity index (χ1n) is 7.86. The molecule has 0 fully saturated rings. The minimum absolute atomic E-state index is 0.169. The van der Waals surface area contributed by atoms with E-state index in [2.05, 4.69) is 15.3 Å². The lowest BCUT2D eigenvalue weighted by Gasteiger charge is -2.25. The van der Waals surface area contributed by atoms with Crippen LogP contribution in [0.4, 0.5) is 5.69 Å². The lowest BCUT2D eigenvalue weighted by molar-refractivity contribution is -0.125. The number of aryl methyl sites for hydroxylation is 1. The number of benzene rings is 1. The second-order valence-corrected chi connectivity index (χ2v) is 5.60. The van der Waals surface area contributed by atoms with Crippen molar-refractivity contribution in [3.63, 3.8) is 0 Å². The predicted octanol–water partition coefficient (Wildman–Crippen LogP) is 2.35. The highest BCUT2D eigenvalue weighted by molar-refractivity contribution is 5.94. The highest BCUT2D eigenvalue weighted by atomic mass is 16.6. The smallest absolute Gasteiger partial charge is 0.269 e. The molecule has 0 saturated heterocycles. The molecular formula is C18H16N4O3. The second kappa shape index (κ2) is 6.27. The van der Waals surface area contributed by atoms with Crippen molar-refractivity contribution in [3.05, 3.63) is 60.8 Å². The molecule has 1 atom stereocenters. The normalized spacial score (nSPS) is 15.6. The van der Waals surface area contributed by atoms with Crippen molar-refractivity contribution in [1.29, 1.82) is 0 Å². The van der Waals surface area contributed by atoms with Crippen molar-refractivity contribution in [2.24, 2.45) is 0 Å². The van der Waals surface area contributed by atoms with Gasteiger partial charge in [0.1, 0.15) is 18.2 Å². The summed E-state index contributed by atoms with van der Waals surface area (Å²) < 4.78 is 13.1. The van der Waals surface area contributed by atoms with Gasteiger partial charge in [-0.3, -0.25) is 9.36 Å². The van der Waals surface area contributed by atoms with Crippen LogP contribution in [-0.2, 0) is 4.79 Å². The lowest BCUT2D eigenvalue weighted by Crippen LogP contribution is -2.40. The highest BCUT2D eigenvalue weighted by Gasteiger charge is 2.27. The van der Waals surface area contributed by atoms with Gasteiger partial charge in [-0.2, -0.15) is 0 Å². The maximum Gasteiger partial charge on any atom is 0.269 e. The molecule has 1 unspecified atom stereocenters. The molecule has 1 aliphatic heterocycles. The third kappa shape index (κ3) is 3.03. The fourth-order valence-corrected chi connectivity index (χ4v) is 2.59. The SMILES string of the molecule is Cc1nccn1-c1ccc(NC(=O)C2COc3ccccc3O2)cn1. The topological polar surface area (TPSA) is 78.3 Å². The van der Waals surface area contributed by atoms with Crippen molar-refractivity contribution in [2.45, 2.75) is 13.0 Å². The van der Waals surface area contributed by atoms with Crippen molar-refractivity contribution >= 4 is 11.6 Å². The van der Waals surface area contributed by atoms with Gasteiger partial charge in [0, 0.05) is 12.4 Å². The number of hydrogen-bond donors (Lipinski definition) is 1. The quantitative estimate of drug-likeness (QED) is 0.794. The Morgan fingerprint density at radius 3 is 2.76 bits per heavy atom. The van der Waals surface area contributed by atoms with Gasteiger partial charge in [0.05, 0.1) is 11.9 Å². The number of aromatic nitrogens is 3. The molecule has 3 heterocycles. The molecule has 0 bridgehead atoms. The first kappa shape index (κ1) is 15.2. The van der Waals surface area contributed by atoms with Gasteiger partial charge in [-0.25, -0.2) is 9.97 Å². The zero-order valence-electron chi connectivity index (χ0n) is 13.5. The van der Waals surface area contributed by atoms with E-state index in [1.807, 2.05) is 42.0 Å². The molecule has 1 aromatic carbocycles. The van der Waals surface area contributed by atoms with E-state index in [1.54, 1.807) is 24.5 Å². The Labute approximate surface area is 144 Å². The third-order valence-electron chi connectivity index (χ3n) is 3.89. The highest BCUT2D eigenvalue weighted by Crippen LogP contribution is 2.31. The van der Waals surface area contributed by atoms with Crippen LogP contribution in [0.3, 0.4) is 0 Å². The van der Waals surface area contributed by atoms with E-state index in [0.29, 0.717) is 17.2 Å². The number of pyridine rings is 1. The van der Waals surface area contributed by atoms with Gasteiger partial charge in [0.25, 0.3) is 5.91 Å². The Morgan fingerprint density at radius 1 is 1.20 bits per heavy atom. The van der Waals surface area contributed by atoms with Crippen molar-refractivity contribution in [1.82, 2.24) is 14.5 Å². The van der Waals surface area contributed by atoms with Gasteiger partial charge in [-0.15, -0.1) is 0 Å². The predicted molar refractivity (Wildman–Crippen MR) is 91.1 cm³/mol. The molecule has 3 aromatic rings. The number of para-hydroxylation sites is 2. The molecule has 25 heavy (non-hydrogen) atoms. The number of hydrogen-bond acceptors (Lipinski definition) is 5. The Hall–Kier alpha value is -3.35. The Balaban J connectivity index is 1.44. The van der Waals surface area contributed by atoms with Crippen molar-refractivity contribution in [2.75, 3.05) is 11.9 Å². The van der Waals surface area contributed by atoms with E-state index in [-0.39, 0.29) is 12.5 Å². The fourth-order valence-electron chi connectivity index (χ4n) is 2.59. The van der Waals surface area contributed by atoms with Crippen molar-refractivity contribution < 1.29 is 14.3 Å². The summed E-state index contributed by atoms with van der Waals surface area (Å²) in [5, 5.41) is 2.80. The number of carbonyl (C=O) groups excluding carboxylic acids is 1. The number of nitrogens with one attached hydrogen (secondary N) is 1. The van der Waals surface area contributed by atoms with Crippen LogP contribution in [0.1, 0.15) is 5.82 Å². The van der Waals surface area contributed by atoms with Gasteiger partial charge in [0.15, 0.2) is 11.5 Å². The van der Waals surface area contributed by atoms with E-state index in [0.717, 1.165) is 11.6 Å². The van der Waals surface area contributed by atoms with Gasteiger partial charge in [0.2, 0.25) is 6.10 Å². The molecule has 0 aliphatic carbocycles. The summed E-state index contributed by atoms with van der Waals surface area (Å²) in [6.45, 7) is 2.07. The molecule has 0 spiro atoms. The van der Waals surface area contributed by atoms with Crippen LogP contribution >= 0.6 is 0 Å². The first-order chi connectivity index (χ1) is 12.2. The first-order valence-corrected chi connectivity index (χ1v) is 7.86. The molecule has 1 N–H and O–H groups in total. The average molecular weight is 336 g/mol. The largest absolute Gasteiger partial charge is 0.485 e. The zero-order valence-corrected chi connectivity index (χ0v) is 13.5.